The lowest BCUT2D eigenvalue weighted by Gasteiger charge is -2.33. The van der Waals surface area contributed by atoms with Gasteiger partial charge in [-0.2, -0.15) is 0 Å². The molecule has 4 heteroatoms. The molecule has 0 bridgehead atoms. The molecule has 0 aromatic carbocycles. The van der Waals surface area contributed by atoms with Gasteiger partial charge in [-0.05, 0) is 33.1 Å². The highest BCUT2D eigenvalue weighted by Crippen LogP contribution is 2.29. The lowest BCUT2D eigenvalue weighted by molar-refractivity contribution is 0.425. The van der Waals surface area contributed by atoms with E-state index in [1.807, 2.05) is 0 Å². The average Bonchev–Trinajstić information content (AvgIpc) is 2.51. The van der Waals surface area contributed by atoms with Gasteiger partial charge in [-0.15, -0.1) is 0 Å². The van der Waals surface area contributed by atoms with Crippen molar-refractivity contribution in [3.05, 3.63) is 11.4 Å². The van der Waals surface area contributed by atoms with Crippen LogP contribution >= 0.6 is 0 Å². The third-order valence-corrected chi connectivity index (χ3v) is 4.44. The molecule has 118 valence electrons. The minimum atomic E-state index is 0.635. The Morgan fingerprint density at radius 3 is 2.48 bits per heavy atom. The van der Waals surface area contributed by atoms with E-state index in [1.54, 1.807) is 0 Å². The molecule has 0 spiro atoms. The highest BCUT2D eigenvalue weighted by atomic mass is 15.2. The van der Waals surface area contributed by atoms with Crippen LogP contribution in [0.15, 0.2) is 0 Å². The van der Waals surface area contributed by atoms with Gasteiger partial charge >= 0.3 is 0 Å². The Balaban J connectivity index is 2.30. The smallest absolute Gasteiger partial charge is 0.137 e. The Labute approximate surface area is 129 Å². The number of hydrogen-bond acceptors (Lipinski definition) is 4. The van der Waals surface area contributed by atoms with Gasteiger partial charge in [0.15, 0.2) is 0 Å². The molecule has 0 atom stereocenters. The molecule has 0 unspecified atom stereocenters. The van der Waals surface area contributed by atoms with Crippen LogP contribution < -0.4 is 10.2 Å². The summed E-state index contributed by atoms with van der Waals surface area (Å²) in [6, 6.07) is 0.635. The highest BCUT2D eigenvalue weighted by Gasteiger charge is 2.22. The molecule has 0 aliphatic heterocycles. The second-order valence-corrected chi connectivity index (χ2v) is 6.12. The maximum Gasteiger partial charge on any atom is 0.137 e. The molecule has 1 fully saturated rings. The van der Waals surface area contributed by atoms with Crippen molar-refractivity contribution in [2.24, 2.45) is 0 Å². The number of nitrogens with zero attached hydrogens (tertiary/aromatic N) is 3. The molecule has 4 nitrogen and oxygen atoms in total. The Kier molecular flexibility index (Phi) is 5.83. The normalized spacial score (nSPS) is 16.0. The minimum absolute atomic E-state index is 0.635. The summed E-state index contributed by atoms with van der Waals surface area (Å²) >= 11 is 0. The van der Waals surface area contributed by atoms with Crippen molar-refractivity contribution in [1.29, 1.82) is 0 Å². The first-order valence-corrected chi connectivity index (χ1v) is 8.51. The number of nitrogens with one attached hydrogen (secondary N) is 1. The monoisotopic (exact) mass is 290 g/mol. The van der Waals surface area contributed by atoms with Gasteiger partial charge in [-0.1, -0.05) is 26.2 Å². The predicted molar refractivity (Wildman–Crippen MR) is 90.2 cm³/mol. The standard InChI is InChI=1S/C17H30N4/c1-5-10-15-19-16(18-6-2)13(3)17(20-15)21(4)14-11-8-7-9-12-14/h14H,5-12H2,1-4H3,(H,18,19,20). The van der Waals surface area contributed by atoms with Crippen LogP contribution in [0.3, 0.4) is 0 Å². The average molecular weight is 290 g/mol. The summed E-state index contributed by atoms with van der Waals surface area (Å²) in [5, 5.41) is 3.40. The van der Waals surface area contributed by atoms with Gasteiger partial charge in [-0.25, -0.2) is 9.97 Å². The van der Waals surface area contributed by atoms with E-state index in [2.05, 4.69) is 38.0 Å². The fourth-order valence-corrected chi connectivity index (χ4v) is 3.21. The molecule has 1 N–H and O–H groups in total. The quantitative estimate of drug-likeness (QED) is 0.861. The zero-order chi connectivity index (χ0) is 15.2. The summed E-state index contributed by atoms with van der Waals surface area (Å²) in [6.07, 6.45) is 8.70. The predicted octanol–water partition coefficient (Wildman–Crippen LogP) is 3.94. The zero-order valence-electron chi connectivity index (χ0n) is 14.1. The molecule has 1 aromatic heterocycles. The Hall–Kier alpha value is -1.32. The van der Waals surface area contributed by atoms with Crippen LogP contribution in [0.5, 0.6) is 0 Å². The fourth-order valence-electron chi connectivity index (χ4n) is 3.21. The number of anilines is 2. The molecule has 21 heavy (non-hydrogen) atoms. The Morgan fingerprint density at radius 1 is 1.14 bits per heavy atom. The van der Waals surface area contributed by atoms with Crippen molar-refractivity contribution in [2.75, 3.05) is 23.8 Å². The van der Waals surface area contributed by atoms with Crippen LogP contribution in [-0.4, -0.2) is 29.6 Å². The summed E-state index contributed by atoms with van der Waals surface area (Å²) in [6.45, 7) is 7.34. The van der Waals surface area contributed by atoms with Crippen molar-refractivity contribution in [3.8, 4) is 0 Å². The molecule has 0 radical (unpaired) electrons. The van der Waals surface area contributed by atoms with E-state index in [0.29, 0.717) is 6.04 Å². The van der Waals surface area contributed by atoms with Gasteiger partial charge in [-0.3, -0.25) is 0 Å². The first-order chi connectivity index (χ1) is 10.2. The SMILES string of the molecule is CCCc1nc(NCC)c(C)c(N(C)C2CCCCC2)n1. The largest absolute Gasteiger partial charge is 0.370 e. The van der Waals surface area contributed by atoms with Crippen LogP contribution in [0.25, 0.3) is 0 Å². The van der Waals surface area contributed by atoms with Crippen LogP contribution in [0.4, 0.5) is 11.6 Å². The summed E-state index contributed by atoms with van der Waals surface area (Å²) in [5.41, 5.74) is 1.18. The molecule has 0 saturated heterocycles. The zero-order valence-corrected chi connectivity index (χ0v) is 14.1. The second-order valence-electron chi connectivity index (χ2n) is 6.12. The van der Waals surface area contributed by atoms with E-state index in [9.17, 15) is 0 Å². The molecule has 0 amide bonds. The molecule has 2 rings (SSSR count). The van der Waals surface area contributed by atoms with E-state index >= 15 is 0 Å². The Bertz CT molecular complexity index is 452. The molecule has 1 heterocycles. The molecule has 1 aromatic rings. The third-order valence-electron chi connectivity index (χ3n) is 4.44. The van der Waals surface area contributed by atoms with Crippen LogP contribution in [0, 0.1) is 6.92 Å². The minimum Gasteiger partial charge on any atom is -0.370 e. The van der Waals surface area contributed by atoms with Crippen molar-refractivity contribution in [3.63, 3.8) is 0 Å². The third kappa shape index (κ3) is 3.86. The number of aromatic nitrogens is 2. The first kappa shape index (κ1) is 16.1. The second kappa shape index (κ2) is 7.62. The van der Waals surface area contributed by atoms with E-state index in [1.165, 1.54) is 37.7 Å². The van der Waals surface area contributed by atoms with Crippen molar-refractivity contribution < 1.29 is 0 Å². The van der Waals surface area contributed by atoms with E-state index < -0.39 is 0 Å². The van der Waals surface area contributed by atoms with Gasteiger partial charge in [0.25, 0.3) is 0 Å². The van der Waals surface area contributed by atoms with Crippen molar-refractivity contribution in [2.45, 2.75) is 71.8 Å². The molecule has 1 aliphatic rings. The molecule has 1 aliphatic carbocycles. The summed E-state index contributed by atoms with van der Waals surface area (Å²) < 4.78 is 0. The highest BCUT2D eigenvalue weighted by molar-refractivity contribution is 5.58. The molecular weight excluding hydrogens is 260 g/mol. The summed E-state index contributed by atoms with van der Waals surface area (Å²) in [4.78, 5) is 11.9. The maximum atomic E-state index is 4.85. The number of aryl methyl sites for hydroxylation is 1. The number of rotatable bonds is 6. The lowest BCUT2D eigenvalue weighted by atomic mass is 9.94. The summed E-state index contributed by atoms with van der Waals surface area (Å²) in [5.74, 6) is 3.10. The topological polar surface area (TPSA) is 41.1 Å². The van der Waals surface area contributed by atoms with Crippen LogP contribution in [-0.2, 0) is 6.42 Å². The molecule has 1 saturated carbocycles. The summed E-state index contributed by atoms with van der Waals surface area (Å²) in [7, 11) is 2.21. The van der Waals surface area contributed by atoms with E-state index in [0.717, 1.165) is 36.8 Å². The lowest BCUT2D eigenvalue weighted by Crippen LogP contribution is -2.35. The maximum absolute atomic E-state index is 4.85. The van der Waals surface area contributed by atoms with Gasteiger partial charge < -0.3 is 10.2 Å². The van der Waals surface area contributed by atoms with E-state index in [-0.39, 0.29) is 0 Å². The number of hydrogen-bond donors (Lipinski definition) is 1. The van der Waals surface area contributed by atoms with Gasteiger partial charge in [0.1, 0.15) is 17.5 Å². The van der Waals surface area contributed by atoms with Crippen LogP contribution in [0.2, 0.25) is 0 Å². The van der Waals surface area contributed by atoms with Gasteiger partial charge in [0, 0.05) is 31.6 Å². The van der Waals surface area contributed by atoms with E-state index in [4.69, 9.17) is 9.97 Å². The van der Waals surface area contributed by atoms with Crippen molar-refractivity contribution >= 4 is 11.6 Å². The van der Waals surface area contributed by atoms with Crippen LogP contribution in [0.1, 0.15) is 63.8 Å². The first-order valence-electron chi connectivity index (χ1n) is 8.51. The van der Waals surface area contributed by atoms with Crippen molar-refractivity contribution in [1.82, 2.24) is 9.97 Å². The fraction of sp³-hybridized carbons (Fsp3) is 0.765. The van der Waals surface area contributed by atoms with Gasteiger partial charge in [0.05, 0.1) is 0 Å². The Morgan fingerprint density at radius 2 is 1.86 bits per heavy atom. The van der Waals surface area contributed by atoms with Gasteiger partial charge in [0.2, 0.25) is 0 Å². The molecular formula is C17H30N4.